The molecule has 1 N–H and O–H groups in total. The number of nitrogens with one attached hydrogen (secondary N) is 1. The maximum atomic E-state index is 12.6. The highest BCUT2D eigenvalue weighted by Crippen LogP contribution is 2.36. The molecule has 0 aromatic heterocycles. The van der Waals surface area contributed by atoms with Gasteiger partial charge in [-0.25, -0.2) is 0 Å². The van der Waals surface area contributed by atoms with E-state index in [0.717, 1.165) is 30.3 Å². The second-order valence-electron chi connectivity index (χ2n) is 4.73. The SMILES string of the molecule is O=C(Nc1ccc(C(F)(F)F)c(Cl)c1)c1cccc(C(F)(F)F)c1. The highest BCUT2D eigenvalue weighted by Gasteiger charge is 2.33. The quantitative estimate of drug-likeness (QED) is 0.685. The summed E-state index contributed by atoms with van der Waals surface area (Å²) in [4.78, 5) is 11.9. The molecule has 1 amide bonds. The second-order valence-corrected chi connectivity index (χ2v) is 5.13. The first kappa shape index (κ1) is 18.1. The van der Waals surface area contributed by atoms with Crippen LogP contribution in [0.3, 0.4) is 0 Å². The van der Waals surface area contributed by atoms with E-state index in [1.54, 1.807) is 0 Å². The van der Waals surface area contributed by atoms with E-state index in [9.17, 15) is 31.1 Å². The van der Waals surface area contributed by atoms with Gasteiger partial charge in [0.25, 0.3) is 5.91 Å². The van der Waals surface area contributed by atoms with Crippen molar-refractivity contribution in [3.05, 3.63) is 64.2 Å². The maximum absolute atomic E-state index is 12.6. The molecule has 0 saturated heterocycles. The molecule has 24 heavy (non-hydrogen) atoms. The first-order valence-corrected chi connectivity index (χ1v) is 6.71. The Morgan fingerprint density at radius 2 is 1.58 bits per heavy atom. The number of alkyl halides is 6. The van der Waals surface area contributed by atoms with Crippen molar-refractivity contribution >= 4 is 23.2 Å². The van der Waals surface area contributed by atoms with Gasteiger partial charge in [0, 0.05) is 11.3 Å². The third-order valence-corrected chi connectivity index (χ3v) is 3.30. The molecule has 0 radical (unpaired) electrons. The van der Waals surface area contributed by atoms with E-state index in [-0.39, 0.29) is 11.3 Å². The molecule has 0 atom stereocenters. The summed E-state index contributed by atoms with van der Waals surface area (Å²) in [6.45, 7) is 0. The Balaban J connectivity index is 2.23. The lowest BCUT2D eigenvalue weighted by Gasteiger charge is -2.12. The third-order valence-electron chi connectivity index (χ3n) is 2.98. The molecule has 9 heteroatoms. The van der Waals surface area contributed by atoms with Gasteiger partial charge in [0.1, 0.15) is 0 Å². The van der Waals surface area contributed by atoms with Gasteiger partial charge in [-0.1, -0.05) is 17.7 Å². The van der Waals surface area contributed by atoms with Gasteiger partial charge in [-0.05, 0) is 36.4 Å². The Hall–Kier alpha value is -2.22. The second kappa shape index (κ2) is 6.35. The molecule has 2 rings (SSSR count). The van der Waals surface area contributed by atoms with Crippen molar-refractivity contribution in [1.29, 1.82) is 0 Å². The molecule has 0 aliphatic carbocycles. The van der Waals surface area contributed by atoms with Crippen LogP contribution >= 0.6 is 11.6 Å². The highest BCUT2D eigenvalue weighted by molar-refractivity contribution is 6.31. The largest absolute Gasteiger partial charge is 0.417 e. The summed E-state index contributed by atoms with van der Waals surface area (Å²) < 4.78 is 75.6. The zero-order chi connectivity index (χ0) is 18.1. The minimum Gasteiger partial charge on any atom is -0.322 e. The van der Waals surface area contributed by atoms with Crippen LogP contribution in [0, 0.1) is 0 Å². The summed E-state index contributed by atoms with van der Waals surface area (Å²) in [6.07, 6.45) is -9.27. The number of anilines is 1. The molecule has 2 aromatic rings. The van der Waals surface area contributed by atoms with E-state index in [1.165, 1.54) is 0 Å². The molecule has 0 spiro atoms. The molecule has 0 fully saturated rings. The fourth-order valence-electron chi connectivity index (χ4n) is 1.86. The highest BCUT2D eigenvalue weighted by atomic mass is 35.5. The van der Waals surface area contributed by atoms with Crippen LogP contribution in [-0.4, -0.2) is 5.91 Å². The minimum atomic E-state index is -4.65. The monoisotopic (exact) mass is 367 g/mol. The molecule has 2 aromatic carbocycles. The number of hydrogen-bond acceptors (Lipinski definition) is 1. The topological polar surface area (TPSA) is 29.1 Å². The summed E-state index contributed by atoms with van der Waals surface area (Å²) >= 11 is 5.51. The molecule has 0 aliphatic heterocycles. The number of halogens is 7. The molecule has 0 bridgehead atoms. The third kappa shape index (κ3) is 4.19. The Bertz CT molecular complexity index is 769. The Morgan fingerprint density at radius 3 is 2.12 bits per heavy atom. The van der Waals surface area contributed by atoms with Gasteiger partial charge in [0.15, 0.2) is 0 Å². The summed E-state index contributed by atoms with van der Waals surface area (Å²) in [6, 6.07) is 6.14. The smallest absolute Gasteiger partial charge is 0.322 e. The summed E-state index contributed by atoms with van der Waals surface area (Å²) in [5, 5.41) is 1.56. The van der Waals surface area contributed by atoms with Gasteiger partial charge in [-0.2, -0.15) is 26.3 Å². The van der Waals surface area contributed by atoms with Crippen molar-refractivity contribution < 1.29 is 31.1 Å². The minimum absolute atomic E-state index is 0.0737. The van der Waals surface area contributed by atoms with Crippen molar-refractivity contribution in [2.45, 2.75) is 12.4 Å². The van der Waals surface area contributed by atoms with Crippen molar-refractivity contribution in [1.82, 2.24) is 0 Å². The van der Waals surface area contributed by atoms with Gasteiger partial charge >= 0.3 is 12.4 Å². The predicted octanol–water partition coefficient (Wildman–Crippen LogP) is 5.63. The first-order valence-electron chi connectivity index (χ1n) is 6.34. The first-order chi connectivity index (χ1) is 11.0. The lowest BCUT2D eigenvalue weighted by molar-refractivity contribution is -0.138. The Kier molecular flexibility index (Phi) is 4.80. The van der Waals surface area contributed by atoms with Crippen LogP contribution < -0.4 is 5.32 Å². The normalized spacial score (nSPS) is 12.1. The summed E-state index contributed by atoms with van der Waals surface area (Å²) in [7, 11) is 0. The van der Waals surface area contributed by atoms with Gasteiger partial charge in [-0.3, -0.25) is 4.79 Å². The maximum Gasteiger partial charge on any atom is 0.417 e. The fourth-order valence-corrected chi connectivity index (χ4v) is 2.15. The van der Waals surface area contributed by atoms with Gasteiger partial charge in [-0.15, -0.1) is 0 Å². The lowest BCUT2D eigenvalue weighted by Crippen LogP contribution is -2.14. The van der Waals surface area contributed by atoms with Crippen LogP contribution in [0.15, 0.2) is 42.5 Å². The standard InChI is InChI=1S/C15H8ClF6NO/c16-12-7-10(4-5-11(12)15(20,21)22)23-13(24)8-2-1-3-9(6-8)14(17,18)19/h1-7H,(H,23,24). The molecule has 0 heterocycles. The molecule has 0 unspecified atom stereocenters. The van der Waals surface area contributed by atoms with Crippen molar-refractivity contribution in [2.24, 2.45) is 0 Å². The number of carbonyl (C=O) groups excluding carboxylic acids is 1. The average Bonchev–Trinajstić information content (AvgIpc) is 2.45. The van der Waals surface area contributed by atoms with Crippen LogP contribution in [0.2, 0.25) is 5.02 Å². The number of amides is 1. The van der Waals surface area contributed by atoms with Gasteiger partial charge in [0.2, 0.25) is 0 Å². The molecular weight excluding hydrogens is 360 g/mol. The number of benzene rings is 2. The molecule has 0 aliphatic rings. The van der Waals surface area contributed by atoms with Crippen LogP contribution in [0.1, 0.15) is 21.5 Å². The lowest BCUT2D eigenvalue weighted by atomic mass is 10.1. The van der Waals surface area contributed by atoms with Crippen LogP contribution in [0.5, 0.6) is 0 Å². The molecule has 0 saturated carbocycles. The summed E-state index contributed by atoms with van der Waals surface area (Å²) in [5.41, 5.74) is -2.46. The number of rotatable bonds is 2. The zero-order valence-electron chi connectivity index (χ0n) is 11.6. The fraction of sp³-hybridized carbons (Fsp3) is 0.133. The Labute approximate surface area is 137 Å². The van der Waals surface area contributed by atoms with E-state index in [0.29, 0.717) is 12.1 Å². The van der Waals surface area contributed by atoms with Crippen LogP contribution in [0.25, 0.3) is 0 Å². The van der Waals surface area contributed by atoms with Crippen molar-refractivity contribution in [2.75, 3.05) is 5.32 Å². The summed E-state index contributed by atoms with van der Waals surface area (Å²) in [5.74, 6) is -0.906. The predicted molar refractivity (Wildman–Crippen MR) is 75.9 cm³/mol. The number of carbonyl (C=O) groups is 1. The van der Waals surface area contributed by atoms with E-state index >= 15 is 0 Å². The number of hydrogen-bond donors (Lipinski definition) is 1. The molecule has 128 valence electrons. The zero-order valence-corrected chi connectivity index (χ0v) is 12.4. The molecule has 2 nitrogen and oxygen atoms in total. The van der Waals surface area contributed by atoms with E-state index < -0.39 is 34.4 Å². The van der Waals surface area contributed by atoms with E-state index in [1.807, 2.05) is 0 Å². The van der Waals surface area contributed by atoms with Crippen LogP contribution in [0.4, 0.5) is 32.0 Å². The molecular formula is C15H8ClF6NO. The average molecular weight is 368 g/mol. The van der Waals surface area contributed by atoms with Gasteiger partial charge in [0.05, 0.1) is 16.1 Å². The van der Waals surface area contributed by atoms with Crippen molar-refractivity contribution in [3.8, 4) is 0 Å². The van der Waals surface area contributed by atoms with Gasteiger partial charge < -0.3 is 5.32 Å². The van der Waals surface area contributed by atoms with Crippen LogP contribution in [-0.2, 0) is 12.4 Å². The van der Waals surface area contributed by atoms with Crippen molar-refractivity contribution in [3.63, 3.8) is 0 Å². The Morgan fingerprint density at radius 1 is 0.917 bits per heavy atom. The van der Waals surface area contributed by atoms with E-state index in [4.69, 9.17) is 11.6 Å². The van der Waals surface area contributed by atoms with E-state index in [2.05, 4.69) is 5.32 Å².